The molecule has 0 unspecified atom stereocenters. The number of aliphatic hydroxyl groups excluding tert-OH is 4. The van der Waals surface area contributed by atoms with Gasteiger partial charge in [-0.2, -0.15) is 0 Å². The van der Waals surface area contributed by atoms with Gasteiger partial charge in [0, 0.05) is 7.11 Å². The molecule has 0 aliphatic heterocycles. The lowest BCUT2D eigenvalue weighted by Gasteiger charge is -2.41. The third-order valence-electron chi connectivity index (χ3n) is 2.27. The van der Waals surface area contributed by atoms with E-state index in [2.05, 4.69) is 0 Å². The quantitative estimate of drug-likeness (QED) is 0.311. The molecule has 0 aromatic rings. The summed E-state index contributed by atoms with van der Waals surface area (Å²) >= 11 is 0. The number of rotatable bonds is 6. The number of hydrogen-bond donors (Lipinski definition) is 5. The Labute approximate surface area is 76.0 Å². The van der Waals surface area contributed by atoms with Crippen LogP contribution in [-0.2, 0) is 4.74 Å². The van der Waals surface area contributed by atoms with E-state index in [0.717, 1.165) is 7.11 Å². The minimum Gasteiger partial charge on any atom is -0.393 e. The fourth-order valence-electron chi connectivity index (χ4n) is 1.00. The molecule has 0 aromatic heterocycles. The lowest BCUT2D eigenvalue weighted by molar-refractivity contribution is -0.231. The fourth-order valence-corrected chi connectivity index (χ4v) is 1.00. The van der Waals surface area contributed by atoms with E-state index in [1.54, 1.807) is 0 Å². The Bertz CT molecular complexity index is 132. The number of aliphatic hydroxyl groups is 5. The Morgan fingerprint density at radius 2 is 1.31 bits per heavy atom. The van der Waals surface area contributed by atoms with Crippen LogP contribution in [0.25, 0.3) is 0 Å². The van der Waals surface area contributed by atoms with Crippen LogP contribution in [0.4, 0.5) is 0 Å². The van der Waals surface area contributed by atoms with E-state index in [1.165, 1.54) is 0 Å². The van der Waals surface area contributed by atoms with Crippen molar-refractivity contribution in [3.8, 4) is 0 Å². The van der Waals surface area contributed by atoms with Crippen molar-refractivity contribution in [2.45, 2.75) is 11.2 Å². The summed E-state index contributed by atoms with van der Waals surface area (Å²) in [7, 11) is 1.16. The van der Waals surface area contributed by atoms with Crippen molar-refractivity contribution in [1.29, 1.82) is 0 Å². The molecule has 6 heteroatoms. The second-order valence-corrected chi connectivity index (χ2v) is 2.86. The molecule has 0 aromatic carbocycles. The van der Waals surface area contributed by atoms with Gasteiger partial charge in [-0.15, -0.1) is 0 Å². The Hall–Kier alpha value is -0.240. The van der Waals surface area contributed by atoms with Crippen LogP contribution in [0.15, 0.2) is 0 Å². The van der Waals surface area contributed by atoms with Gasteiger partial charge in [0.1, 0.15) is 11.2 Å². The molecule has 0 saturated carbocycles. The van der Waals surface area contributed by atoms with E-state index in [-0.39, 0.29) is 0 Å². The molecule has 13 heavy (non-hydrogen) atoms. The van der Waals surface area contributed by atoms with Gasteiger partial charge in [-0.1, -0.05) is 0 Å². The summed E-state index contributed by atoms with van der Waals surface area (Å²) in [5, 5.41) is 45.0. The van der Waals surface area contributed by atoms with Gasteiger partial charge in [0.05, 0.1) is 26.4 Å². The summed E-state index contributed by atoms with van der Waals surface area (Å²) in [6.45, 7) is -3.06. The van der Waals surface area contributed by atoms with Crippen molar-refractivity contribution < 1.29 is 30.3 Å². The van der Waals surface area contributed by atoms with Crippen LogP contribution in [-0.4, -0.2) is 70.3 Å². The van der Waals surface area contributed by atoms with E-state index in [0.29, 0.717) is 0 Å². The monoisotopic (exact) mass is 196 g/mol. The zero-order valence-corrected chi connectivity index (χ0v) is 7.47. The molecular formula is C7H16O6. The predicted molar refractivity (Wildman–Crippen MR) is 43.0 cm³/mol. The molecule has 0 aliphatic carbocycles. The van der Waals surface area contributed by atoms with E-state index in [9.17, 15) is 5.11 Å². The van der Waals surface area contributed by atoms with Crippen LogP contribution < -0.4 is 0 Å². The van der Waals surface area contributed by atoms with Crippen molar-refractivity contribution in [3.05, 3.63) is 0 Å². The molecule has 5 N–H and O–H groups in total. The van der Waals surface area contributed by atoms with Crippen molar-refractivity contribution in [3.63, 3.8) is 0 Å². The third-order valence-corrected chi connectivity index (χ3v) is 2.27. The van der Waals surface area contributed by atoms with Gasteiger partial charge in [0.2, 0.25) is 0 Å². The zero-order valence-electron chi connectivity index (χ0n) is 7.47. The Morgan fingerprint density at radius 3 is 1.38 bits per heavy atom. The molecule has 0 rings (SSSR count). The van der Waals surface area contributed by atoms with Crippen LogP contribution in [0.5, 0.6) is 0 Å². The summed E-state index contributed by atoms with van der Waals surface area (Å²) in [5.74, 6) is 0. The molecule has 0 amide bonds. The molecular weight excluding hydrogens is 180 g/mol. The zero-order chi connectivity index (χ0) is 10.5. The average Bonchev–Trinajstić information content (AvgIpc) is 2.20. The van der Waals surface area contributed by atoms with E-state index < -0.39 is 37.6 Å². The summed E-state index contributed by atoms with van der Waals surface area (Å²) in [6.07, 6.45) is 0. The van der Waals surface area contributed by atoms with Gasteiger partial charge in [-0.05, 0) is 0 Å². The van der Waals surface area contributed by atoms with Gasteiger partial charge in [-0.3, -0.25) is 0 Å². The molecule has 0 fully saturated rings. The number of hydrogen-bond acceptors (Lipinski definition) is 6. The van der Waals surface area contributed by atoms with Crippen molar-refractivity contribution in [1.82, 2.24) is 0 Å². The first-order valence-electron chi connectivity index (χ1n) is 3.77. The lowest BCUT2D eigenvalue weighted by atomic mass is 9.85. The first kappa shape index (κ1) is 12.8. The molecule has 0 aliphatic rings. The van der Waals surface area contributed by atoms with Crippen LogP contribution in [0, 0.1) is 0 Å². The third kappa shape index (κ3) is 1.98. The van der Waals surface area contributed by atoms with E-state index >= 15 is 0 Å². The second kappa shape index (κ2) is 4.85. The van der Waals surface area contributed by atoms with Gasteiger partial charge >= 0.3 is 0 Å². The highest BCUT2D eigenvalue weighted by Crippen LogP contribution is 2.24. The predicted octanol–water partition coefficient (Wildman–Crippen LogP) is -2.93. The fraction of sp³-hybridized carbons (Fsp3) is 1.00. The van der Waals surface area contributed by atoms with Crippen molar-refractivity contribution in [2.75, 3.05) is 33.5 Å². The average molecular weight is 196 g/mol. The summed E-state index contributed by atoms with van der Waals surface area (Å²) in [4.78, 5) is 0. The van der Waals surface area contributed by atoms with Crippen LogP contribution >= 0.6 is 0 Å². The Balaban J connectivity index is 4.87. The topological polar surface area (TPSA) is 110 Å². The highest BCUT2D eigenvalue weighted by Gasteiger charge is 2.50. The van der Waals surface area contributed by atoms with Crippen LogP contribution in [0.1, 0.15) is 0 Å². The van der Waals surface area contributed by atoms with Gasteiger partial charge < -0.3 is 30.3 Å². The molecule has 0 saturated heterocycles. The maximum Gasteiger partial charge on any atom is 0.147 e. The number of methoxy groups -OCH3 is 1. The Kier molecular flexibility index (Phi) is 4.76. The van der Waals surface area contributed by atoms with E-state index in [1.807, 2.05) is 0 Å². The van der Waals surface area contributed by atoms with Gasteiger partial charge in [0.25, 0.3) is 0 Å². The van der Waals surface area contributed by atoms with E-state index in [4.69, 9.17) is 25.2 Å². The Morgan fingerprint density at radius 1 is 0.923 bits per heavy atom. The summed E-state index contributed by atoms with van der Waals surface area (Å²) < 4.78 is 4.71. The first-order chi connectivity index (χ1) is 6.05. The van der Waals surface area contributed by atoms with Crippen LogP contribution in [0.2, 0.25) is 0 Å². The summed E-state index contributed by atoms with van der Waals surface area (Å²) in [5.41, 5.74) is -3.82. The van der Waals surface area contributed by atoms with Gasteiger partial charge in [-0.25, -0.2) is 0 Å². The highest BCUT2D eigenvalue weighted by molar-refractivity contribution is 5.00. The normalized spacial score (nSPS) is 13.4. The molecule has 6 nitrogen and oxygen atoms in total. The second-order valence-electron chi connectivity index (χ2n) is 2.86. The largest absolute Gasteiger partial charge is 0.393 e. The van der Waals surface area contributed by atoms with Crippen molar-refractivity contribution >= 4 is 0 Å². The lowest BCUT2D eigenvalue weighted by Crippen LogP contribution is -2.64. The molecule has 0 atom stereocenters. The molecule has 0 spiro atoms. The summed E-state index contributed by atoms with van der Waals surface area (Å²) in [6, 6.07) is 0. The smallest absolute Gasteiger partial charge is 0.147 e. The molecule has 80 valence electrons. The van der Waals surface area contributed by atoms with Gasteiger partial charge in [0.15, 0.2) is 0 Å². The molecule has 0 radical (unpaired) electrons. The van der Waals surface area contributed by atoms with Crippen LogP contribution in [0.3, 0.4) is 0 Å². The molecule has 0 heterocycles. The first-order valence-corrected chi connectivity index (χ1v) is 3.77. The minimum atomic E-state index is -2.06. The highest BCUT2D eigenvalue weighted by atomic mass is 16.5. The number of ether oxygens (including phenoxy) is 1. The standard InChI is InChI=1S/C7H16O6/c1-13-7(4-10,5-11)6(12,2-8)3-9/h8-12H,2-5H2,1H3. The molecule has 0 bridgehead atoms. The maximum absolute atomic E-state index is 9.59. The maximum atomic E-state index is 9.59. The van der Waals surface area contributed by atoms with Crippen molar-refractivity contribution in [2.24, 2.45) is 0 Å². The SMILES string of the molecule is COC(CO)(CO)C(O)(CO)CO. The minimum absolute atomic E-state index is 0.711.